The van der Waals surface area contributed by atoms with E-state index in [2.05, 4.69) is 36.5 Å². The van der Waals surface area contributed by atoms with Gasteiger partial charge in [0.15, 0.2) is 0 Å². The minimum atomic E-state index is -0.135. The van der Waals surface area contributed by atoms with Gasteiger partial charge in [-0.05, 0) is 47.5 Å². The number of nitrogens with zero attached hydrogens (tertiary/aromatic N) is 3. The molecule has 2 N–H and O–H groups in total. The van der Waals surface area contributed by atoms with E-state index >= 15 is 0 Å². The number of likely N-dealkylation sites (tertiary alicyclic amines) is 1. The van der Waals surface area contributed by atoms with Gasteiger partial charge >= 0.3 is 6.03 Å². The van der Waals surface area contributed by atoms with E-state index in [4.69, 9.17) is 0 Å². The first-order valence-electron chi connectivity index (χ1n) is 8.97. The molecule has 1 saturated heterocycles. The number of rotatable bonds is 3. The minimum absolute atomic E-state index is 0.00727. The SMILES string of the molecule is CNC(=O)[C@H]1CCCN(C(=O)N[C@@H](C)c2cn(C(C)(C)C)nc2C)C1. The zero-order chi connectivity index (χ0) is 18.8. The number of aromatic nitrogens is 2. The number of aryl methyl sites for hydroxylation is 1. The van der Waals surface area contributed by atoms with Crippen molar-refractivity contribution in [3.63, 3.8) is 0 Å². The van der Waals surface area contributed by atoms with Crippen LogP contribution in [0.3, 0.4) is 0 Å². The second-order valence-corrected chi connectivity index (χ2v) is 7.86. The second-order valence-electron chi connectivity index (χ2n) is 7.86. The quantitative estimate of drug-likeness (QED) is 0.878. The summed E-state index contributed by atoms with van der Waals surface area (Å²) >= 11 is 0. The number of carbonyl (C=O) groups is 2. The van der Waals surface area contributed by atoms with Crippen molar-refractivity contribution in [1.29, 1.82) is 0 Å². The third-order valence-electron chi connectivity index (χ3n) is 4.76. The van der Waals surface area contributed by atoms with Crippen molar-refractivity contribution in [3.05, 3.63) is 17.5 Å². The lowest BCUT2D eigenvalue weighted by atomic mass is 9.97. The van der Waals surface area contributed by atoms with Crippen LogP contribution in [0.25, 0.3) is 0 Å². The van der Waals surface area contributed by atoms with E-state index in [0.717, 1.165) is 24.1 Å². The summed E-state index contributed by atoms with van der Waals surface area (Å²) < 4.78 is 1.93. The van der Waals surface area contributed by atoms with Crippen LogP contribution in [0.1, 0.15) is 57.8 Å². The van der Waals surface area contributed by atoms with Crippen LogP contribution in [0.5, 0.6) is 0 Å². The van der Waals surface area contributed by atoms with Gasteiger partial charge in [-0.25, -0.2) is 4.79 Å². The first-order valence-corrected chi connectivity index (χ1v) is 8.97. The Morgan fingerprint density at radius 3 is 2.60 bits per heavy atom. The number of amides is 3. The van der Waals surface area contributed by atoms with E-state index < -0.39 is 0 Å². The highest BCUT2D eigenvalue weighted by molar-refractivity contribution is 5.80. The Morgan fingerprint density at radius 2 is 2.04 bits per heavy atom. The molecule has 0 spiro atoms. The topological polar surface area (TPSA) is 79.3 Å². The van der Waals surface area contributed by atoms with Crippen molar-refractivity contribution in [2.24, 2.45) is 5.92 Å². The van der Waals surface area contributed by atoms with Crippen molar-refractivity contribution < 1.29 is 9.59 Å². The van der Waals surface area contributed by atoms with Gasteiger partial charge in [0.2, 0.25) is 5.91 Å². The molecule has 2 rings (SSSR count). The molecule has 0 saturated carbocycles. The highest BCUT2D eigenvalue weighted by Gasteiger charge is 2.29. The number of hydrogen-bond donors (Lipinski definition) is 2. The van der Waals surface area contributed by atoms with Crippen LogP contribution in [0, 0.1) is 12.8 Å². The molecule has 140 valence electrons. The Morgan fingerprint density at radius 1 is 1.36 bits per heavy atom. The van der Waals surface area contributed by atoms with Gasteiger partial charge in [0.1, 0.15) is 0 Å². The summed E-state index contributed by atoms with van der Waals surface area (Å²) in [7, 11) is 1.64. The maximum atomic E-state index is 12.6. The fraction of sp³-hybridized carbons (Fsp3) is 0.722. The predicted octanol–water partition coefficient (Wildman–Crippen LogP) is 2.18. The van der Waals surface area contributed by atoms with Crippen LogP contribution in [-0.4, -0.2) is 46.8 Å². The lowest BCUT2D eigenvalue weighted by Gasteiger charge is -2.32. The lowest BCUT2D eigenvalue weighted by molar-refractivity contribution is -0.125. The van der Waals surface area contributed by atoms with E-state index in [1.54, 1.807) is 11.9 Å². The van der Waals surface area contributed by atoms with Crippen LogP contribution in [0.2, 0.25) is 0 Å². The molecule has 0 radical (unpaired) electrons. The zero-order valence-electron chi connectivity index (χ0n) is 16.2. The molecule has 0 bridgehead atoms. The van der Waals surface area contributed by atoms with Gasteiger partial charge < -0.3 is 15.5 Å². The van der Waals surface area contributed by atoms with Gasteiger partial charge in [-0.3, -0.25) is 9.48 Å². The van der Waals surface area contributed by atoms with Crippen molar-refractivity contribution >= 4 is 11.9 Å². The normalized spacial score (nSPS) is 19.4. The molecule has 0 aliphatic carbocycles. The molecule has 7 heteroatoms. The average molecular weight is 349 g/mol. The maximum absolute atomic E-state index is 12.6. The van der Waals surface area contributed by atoms with E-state index in [1.165, 1.54) is 0 Å². The fourth-order valence-corrected chi connectivity index (χ4v) is 3.18. The summed E-state index contributed by atoms with van der Waals surface area (Å²) in [5.74, 6) is -0.113. The van der Waals surface area contributed by atoms with Gasteiger partial charge in [-0.15, -0.1) is 0 Å². The summed E-state index contributed by atoms with van der Waals surface area (Å²) in [6, 6.07) is -0.256. The van der Waals surface area contributed by atoms with Gasteiger partial charge in [0.25, 0.3) is 0 Å². The van der Waals surface area contributed by atoms with Crippen molar-refractivity contribution in [3.8, 4) is 0 Å². The van der Waals surface area contributed by atoms with Gasteiger partial charge in [-0.2, -0.15) is 5.10 Å². The predicted molar refractivity (Wildman–Crippen MR) is 97.3 cm³/mol. The molecular weight excluding hydrogens is 318 g/mol. The summed E-state index contributed by atoms with van der Waals surface area (Å²) in [5, 5.41) is 10.3. The molecule has 3 amide bonds. The molecule has 7 nitrogen and oxygen atoms in total. The van der Waals surface area contributed by atoms with Gasteiger partial charge in [-0.1, -0.05) is 0 Å². The highest BCUT2D eigenvalue weighted by atomic mass is 16.2. The molecule has 25 heavy (non-hydrogen) atoms. The molecule has 0 unspecified atom stereocenters. The summed E-state index contributed by atoms with van der Waals surface area (Å²) in [5.41, 5.74) is 1.84. The molecule has 2 heterocycles. The second kappa shape index (κ2) is 7.45. The molecule has 1 aromatic rings. The van der Waals surface area contributed by atoms with Crippen LogP contribution < -0.4 is 10.6 Å². The van der Waals surface area contributed by atoms with E-state index in [-0.39, 0.29) is 29.4 Å². The van der Waals surface area contributed by atoms with Crippen molar-refractivity contribution in [1.82, 2.24) is 25.3 Å². The van der Waals surface area contributed by atoms with Crippen LogP contribution >= 0.6 is 0 Å². The number of hydrogen-bond acceptors (Lipinski definition) is 3. The largest absolute Gasteiger partial charge is 0.359 e. The Bertz CT molecular complexity index is 632. The zero-order valence-corrected chi connectivity index (χ0v) is 16.2. The number of carbonyl (C=O) groups excluding carboxylic acids is 2. The third kappa shape index (κ3) is 4.52. The number of nitrogens with one attached hydrogen (secondary N) is 2. The van der Waals surface area contributed by atoms with E-state index in [0.29, 0.717) is 13.1 Å². The van der Waals surface area contributed by atoms with E-state index in [1.807, 2.05) is 24.7 Å². The smallest absolute Gasteiger partial charge is 0.317 e. The minimum Gasteiger partial charge on any atom is -0.359 e. The van der Waals surface area contributed by atoms with Crippen molar-refractivity contribution in [2.75, 3.05) is 20.1 Å². The molecule has 1 fully saturated rings. The summed E-state index contributed by atoms with van der Waals surface area (Å²) in [4.78, 5) is 26.2. The Balaban J connectivity index is 2.03. The average Bonchev–Trinajstić information content (AvgIpc) is 2.96. The first kappa shape index (κ1) is 19.3. The van der Waals surface area contributed by atoms with Crippen molar-refractivity contribution in [2.45, 2.75) is 59.0 Å². The van der Waals surface area contributed by atoms with E-state index in [9.17, 15) is 9.59 Å². The number of urea groups is 1. The van der Waals surface area contributed by atoms with Crippen LogP contribution in [0.4, 0.5) is 4.79 Å². The maximum Gasteiger partial charge on any atom is 0.317 e. The lowest BCUT2D eigenvalue weighted by Crippen LogP contribution is -2.49. The molecule has 1 aliphatic heterocycles. The molecular formula is C18H31N5O2. The molecule has 2 atom stereocenters. The number of piperidine rings is 1. The van der Waals surface area contributed by atoms with Crippen LogP contribution in [-0.2, 0) is 10.3 Å². The third-order valence-corrected chi connectivity index (χ3v) is 4.76. The standard InChI is InChI=1S/C18H31N5O2/c1-12(15-11-23(18(3,4)5)21-13(15)2)20-17(25)22-9-7-8-14(10-22)16(24)19-6/h11-12,14H,7-10H2,1-6H3,(H,19,24)(H,20,25)/t12-,14-/m0/s1. The Hall–Kier alpha value is -2.05. The fourth-order valence-electron chi connectivity index (χ4n) is 3.18. The highest BCUT2D eigenvalue weighted by Crippen LogP contribution is 2.22. The first-order chi connectivity index (χ1) is 11.6. The molecule has 0 aromatic carbocycles. The Labute approximate surface area is 150 Å². The van der Waals surface area contributed by atoms with Gasteiger partial charge in [0.05, 0.1) is 23.2 Å². The molecule has 1 aromatic heterocycles. The Kier molecular flexibility index (Phi) is 5.75. The summed E-state index contributed by atoms with van der Waals surface area (Å²) in [6.45, 7) is 11.4. The summed E-state index contributed by atoms with van der Waals surface area (Å²) in [6.07, 6.45) is 3.68. The van der Waals surface area contributed by atoms with Crippen LogP contribution in [0.15, 0.2) is 6.20 Å². The van der Waals surface area contributed by atoms with Gasteiger partial charge in [0, 0.05) is 31.9 Å². The molecule has 1 aliphatic rings. The monoisotopic (exact) mass is 349 g/mol.